The van der Waals surface area contributed by atoms with E-state index in [-0.39, 0.29) is 24.0 Å². The normalized spacial score (nSPS) is 15.8. The van der Waals surface area contributed by atoms with Crippen LogP contribution in [0.15, 0.2) is 9.52 Å². The second-order valence-electron chi connectivity index (χ2n) is 4.33. The Morgan fingerprint density at radius 2 is 2.22 bits per heavy atom. The smallest absolute Gasteiger partial charge is 0.223 e. The lowest BCUT2D eigenvalue weighted by Crippen LogP contribution is -2.40. The van der Waals surface area contributed by atoms with E-state index >= 15 is 0 Å². The van der Waals surface area contributed by atoms with Crippen molar-refractivity contribution in [2.24, 2.45) is 10.9 Å². The van der Waals surface area contributed by atoms with Crippen LogP contribution in [0.25, 0.3) is 0 Å². The molecule has 0 spiro atoms. The van der Waals surface area contributed by atoms with Gasteiger partial charge < -0.3 is 15.2 Å². The van der Waals surface area contributed by atoms with Gasteiger partial charge in [-0.2, -0.15) is 4.98 Å². The number of aliphatic imine (C=N–C) groups is 1. The second-order valence-corrected chi connectivity index (χ2v) is 4.33. The summed E-state index contributed by atoms with van der Waals surface area (Å²) in [5, 5.41) is 10.3. The molecule has 1 saturated carbocycles. The standard InChI is InChI=1S/C11H19N5O.HI/c1-8-15-10(16-17-8)7-14-11(12-2)13-6-9-4-3-5-9;/h9H,3-7H2,1-2H3,(H2,12,13,14);1H. The van der Waals surface area contributed by atoms with Crippen LogP contribution in [0.5, 0.6) is 0 Å². The van der Waals surface area contributed by atoms with Crippen LogP contribution in [0, 0.1) is 12.8 Å². The highest BCUT2D eigenvalue weighted by Crippen LogP contribution is 2.24. The number of aryl methyl sites for hydroxylation is 1. The molecule has 2 rings (SSSR count). The van der Waals surface area contributed by atoms with Crippen LogP contribution in [0.3, 0.4) is 0 Å². The molecule has 102 valence electrons. The number of guanidine groups is 1. The highest BCUT2D eigenvalue weighted by molar-refractivity contribution is 14.0. The lowest BCUT2D eigenvalue weighted by Gasteiger charge is -2.26. The molecule has 1 aromatic rings. The largest absolute Gasteiger partial charge is 0.356 e. The second kappa shape index (κ2) is 7.55. The van der Waals surface area contributed by atoms with Gasteiger partial charge in [0, 0.05) is 20.5 Å². The lowest BCUT2D eigenvalue weighted by molar-refractivity contribution is 0.314. The van der Waals surface area contributed by atoms with Crippen LogP contribution in [0.4, 0.5) is 0 Å². The molecule has 0 unspecified atom stereocenters. The highest BCUT2D eigenvalue weighted by atomic mass is 127. The van der Waals surface area contributed by atoms with E-state index in [1.165, 1.54) is 19.3 Å². The van der Waals surface area contributed by atoms with Crippen molar-refractivity contribution in [3.05, 3.63) is 11.7 Å². The van der Waals surface area contributed by atoms with Crippen molar-refractivity contribution in [3.8, 4) is 0 Å². The topological polar surface area (TPSA) is 75.3 Å². The van der Waals surface area contributed by atoms with E-state index in [0.29, 0.717) is 18.3 Å². The first-order valence-electron chi connectivity index (χ1n) is 6.01. The molecule has 0 atom stereocenters. The number of nitrogens with one attached hydrogen (secondary N) is 2. The third kappa shape index (κ3) is 4.43. The molecule has 6 nitrogen and oxygen atoms in total. The van der Waals surface area contributed by atoms with Gasteiger partial charge in [-0.1, -0.05) is 11.6 Å². The van der Waals surface area contributed by atoms with E-state index in [0.717, 1.165) is 18.4 Å². The van der Waals surface area contributed by atoms with Crippen LogP contribution in [-0.4, -0.2) is 29.7 Å². The zero-order valence-corrected chi connectivity index (χ0v) is 13.1. The minimum atomic E-state index is 0. The average Bonchev–Trinajstić information content (AvgIpc) is 2.67. The number of halogens is 1. The van der Waals surface area contributed by atoms with Gasteiger partial charge in [0.05, 0.1) is 6.54 Å². The molecule has 18 heavy (non-hydrogen) atoms. The Hall–Kier alpha value is -0.860. The predicted octanol–water partition coefficient (Wildman–Crippen LogP) is 1.46. The molecule has 2 N–H and O–H groups in total. The van der Waals surface area contributed by atoms with E-state index < -0.39 is 0 Å². The van der Waals surface area contributed by atoms with Gasteiger partial charge in [-0.25, -0.2) is 0 Å². The summed E-state index contributed by atoms with van der Waals surface area (Å²) in [6.07, 6.45) is 4.02. The molecule has 1 fully saturated rings. The summed E-state index contributed by atoms with van der Waals surface area (Å²) in [5.74, 6) is 2.83. The first kappa shape index (κ1) is 15.2. The summed E-state index contributed by atoms with van der Waals surface area (Å²) in [7, 11) is 1.76. The minimum absolute atomic E-state index is 0. The molecule has 1 aliphatic rings. The molecular weight excluding hydrogens is 345 g/mol. The molecule has 0 saturated heterocycles. The van der Waals surface area contributed by atoms with Crippen LogP contribution in [-0.2, 0) is 6.54 Å². The number of hydrogen-bond acceptors (Lipinski definition) is 4. The first-order valence-corrected chi connectivity index (χ1v) is 6.01. The Bertz CT molecular complexity index is 389. The van der Waals surface area contributed by atoms with Crippen LogP contribution < -0.4 is 10.6 Å². The molecule has 0 radical (unpaired) electrons. The number of nitrogens with zero attached hydrogens (tertiary/aromatic N) is 3. The van der Waals surface area contributed by atoms with Crippen LogP contribution >= 0.6 is 24.0 Å². The zero-order valence-electron chi connectivity index (χ0n) is 10.8. The number of rotatable bonds is 4. The summed E-state index contributed by atoms with van der Waals surface area (Å²) >= 11 is 0. The summed E-state index contributed by atoms with van der Waals surface area (Å²) in [6, 6.07) is 0. The quantitative estimate of drug-likeness (QED) is 0.480. The minimum Gasteiger partial charge on any atom is -0.356 e. The average molecular weight is 365 g/mol. The fourth-order valence-electron chi connectivity index (χ4n) is 1.73. The summed E-state index contributed by atoms with van der Waals surface area (Å²) in [6.45, 7) is 3.30. The van der Waals surface area contributed by atoms with Gasteiger partial charge in [0.15, 0.2) is 11.8 Å². The third-order valence-corrected chi connectivity index (χ3v) is 2.99. The molecule has 1 aromatic heterocycles. The van der Waals surface area contributed by atoms with Crippen molar-refractivity contribution in [1.82, 2.24) is 20.8 Å². The van der Waals surface area contributed by atoms with Gasteiger partial charge in [-0.05, 0) is 18.8 Å². The summed E-state index contributed by atoms with van der Waals surface area (Å²) in [4.78, 5) is 8.26. The van der Waals surface area contributed by atoms with E-state index in [1.54, 1.807) is 14.0 Å². The third-order valence-electron chi connectivity index (χ3n) is 2.99. The Balaban J connectivity index is 0.00000162. The molecule has 0 amide bonds. The fourth-order valence-corrected chi connectivity index (χ4v) is 1.73. The van der Waals surface area contributed by atoms with Crippen molar-refractivity contribution < 1.29 is 4.52 Å². The first-order chi connectivity index (χ1) is 8.28. The van der Waals surface area contributed by atoms with Crippen molar-refractivity contribution in [3.63, 3.8) is 0 Å². The van der Waals surface area contributed by atoms with Gasteiger partial charge in [0.1, 0.15) is 0 Å². The van der Waals surface area contributed by atoms with Crippen molar-refractivity contribution in [2.75, 3.05) is 13.6 Å². The van der Waals surface area contributed by atoms with E-state index in [1.807, 2.05) is 0 Å². The van der Waals surface area contributed by atoms with Gasteiger partial charge in [-0.3, -0.25) is 4.99 Å². The van der Waals surface area contributed by atoms with Crippen molar-refractivity contribution in [2.45, 2.75) is 32.7 Å². The van der Waals surface area contributed by atoms with Gasteiger partial charge in [0.25, 0.3) is 0 Å². The highest BCUT2D eigenvalue weighted by Gasteiger charge is 2.17. The molecule has 7 heteroatoms. The number of aromatic nitrogens is 2. The van der Waals surface area contributed by atoms with Crippen molar-refractivity contribution in [1.29, 1.82) is 0 Å². The maximum Gasteiger partial charge on any atom is 0.223 e. The fraction of sp³-hybridized carbons (Fsp3) is 0.727. The molecule has 0 bridgehead atoms. The maximum absolute atomic E-state index is 4.89. The number of hydrogen-bond donors (Lipinski definition) is 2. The molecule has 1 aliphatic carbocycles. The lowest BCUT2D eigenvalue weighted by atomic mass is 9.85. The van der Waals surface area contributed by atoms with Crippen molar-refractivity contribution >= 4 is 29.9 Å². The van der Waals surface area contributed by atoms with Gasteiger partial charge in [-0.15, -0.1) is 24.0 Å². The zero-order chi connectivity index (χ0) is 12.1. The molecule has 1 heterocycles. The van der Waals surface area contributed by atoms with E-state index in [9.17, 15) is 0 Å². The van der Waals surface area contributed by atoms with E-state index in [4.69, 9.17) is 4.52 Å². The molecule has 0 aliphatic heterocycles. The predicted molar refractivity (Wildman–Crippen MR) is 80.0 cm³/mol. The van der Waals surface area contributed by atoms with Gasteiger partial charge in [0.2, 0.25) is 5.89 Å². The summed E-state index contributed by atoms with van der Waals surface area (Å²) in [5.41, 5.74) is 0. The van der Waals surface area contributed by atoms with Crippen LogP contribution in [0.1, 0.15) is 31.0 Å². The molecule has 0 aromatic carbocycles. The van der Waals surface area contributed by atoms with Gasteiger partial charge >= 0.3 is 0 Å². The maximum atomic E-state index is 4.89. The SMILES string of the molecule is CN=C(NCc1noc(C)n1)NCC1CCC1.I. The van der Waals surface area contributed by atoms with Crippen LogP contribution in [0.2, 0.25) is 0 Å². The Morgan fingerprint density at radius 1 is 1.44 bits per heavy atom. The molecular formula is C11H20IN5O. The Kier molecular flexibility index (Phi) is 6.37. The Morgan fingerprint density at radius 3 is 2.72 bits per heavy atom. The monoisotopic (exact) mass is 365 g/mol. The van der Waals surface area contributed by atoms with E-state index in [2.05, 4.69) is 25.8 Å². The Labute approximate surface area is 124 Å². The summed E-state index contributed by atoms with van der Waals surface area (Å²) < 4.78 is 4.89.